The third-order valence-electron chi connectivity index (χ3n) is 3.21. The summed E-state index contributed by atoms with van der Waals surface area (Å²) >= 11 is 1.73. The van der Waals surface area contributed by atoms with Crippen LogP contribution < -0.4 is 10.2 Å². The van der Waals surface area contributed by atoms with Gasteiger partial charge in [-0.1, -0.05) is 0 Å². The highest BCUT2D eigenvalue weighted by Gasteiger charge is 2.20. The molecule has 0 amide bonds. The zero-order chi connectivity index (χ0) is 13.7. The Morgan fingerprint density at radius 2 is 2.42 bits per heavy atom. The van der Waals surface area contributed by atoms with E-state index >= 15 is 0 Å². The van der Waals surface area contributed by atoms with E-state index in [1.54, 1.807) is 18.4 Å². The zero-order valence-corrected chi connectivity index (χ0v) is 12.8. The molecule has 1 aliphatic heterocycles. The van der Waals surface area contributed by atoms with Crippen LogP contribution in [0.15, 0.2) is 0 Å². The average molecular weight is 285 g/mol. The number of nitrogens with zero attached hydrogens (tertiary/aromatic N) is 2. The fourth-order valence-electron chi connectivity index (χ4n) is 2.25. The lowest BCUT2D eigenvalue weighted by Crippen LogP contribution is -2.28. The lowest BCUT2D eigenvalue weighted by molar-refractivity contribution is 0.116. The molecule has 0 saturated carbocycles. The molecule has 1 aromatic rings. The molecule has 2 rings (SSSR count). The van der Waals surface area contributed by atoms with Crippen LogP contribution in [0, 0.1) is 0 Å². The highest BCUT2D eigenvalue weighted by molar-refractivity contribution is 7.15. The van der Waals surface area contributed by atoms with Gasteiger partial charge in [0.15, 0.2) is 5.13 Å². The van der Waals surface area contributed by atoms with Crippen molar-refractivity contribution in [3.63, 3.8) is 0 Å². The number of anilines is 1. The second-order valence-electron chi connectivity index (χ2n) is 4.85. The summed E-state index contributed by atoms with van der Waals surface area (Å²) in [6.07, 6.45) is 2.69. The molecule has 108 valence electrons. The first-order valence-corrected chi connectivity index (χ1v) is 7.51. The number of hydrogen-bond acceptors (Lipinski definition) is 6. The maximum atomic E-state index is 5.68. The molecule has 0 aromatic carbocycles. The summed E-state index contributed by atoms with van der Waals surface area (Å²) in [6.45, 7) is 3.22. The first kappa shape index (κ1) is 14.7. The largest absolute Gasteiger partial charge is 0.378 e. The smallest absolute Gasteiger partial charge is 0.185 e. The van der Waals surface area contributed by atoms with Crippen LogP contribution in [0.3, 0.4) is 0 Å². The van der Waals surface area contributed by atoms with Gasteiger partial charge in [-0.2, -0.15) is 0 Å². The van der Waals surface area contributed by atoms with Crippen molar-refractivity contribution in [1.29, 1.82) is 0 Å². The van der Waals surface area contributed by atoms with E-state index in [-0.39, 0.29) is 0 Å². The Morgan fingerprint density at radius 1 is 1.58 bits per heavy atom. The third kappa shape index (κ3) is 3.89. The van der Waals surface area contributed by atoms with Crippen molar-refractivity contribution in [2.24, 2.45) is 0 Å². The summed E-state index contributed by atoms with van der Waals surface area (Å²) in [6, 6.07) is 0. The molecule has 0 bridgehead atoms. The molecular weight excluding hydrogens is 262 g/mol. The van der Waals surface area contributed by atoms with Crippen molar-refractivity contribution < 1.29 is 9.47 Å². The van der Waals surface area contributed by atoms with Crippen molar-refractivity contribution in [3.8, 4) is 0 Å². The summed E-state index contributed by atoms with van der Waals surface area (Å²) < 4.78 is 10.9. The van der Waals surface area contributed by atoms with Crippen molar-refractivity contribution >= 4 is 16.5 Å². The predicted molar refractivity (Wildman–Crippen MR) is 77.8 cm³/mol. The summed E-state index contributed by atoms with van der Waals surface area (Å²) in [5.41, 5.74) is 1.04. The number of thiazole rings is 1. The monoisotopic (exact) mass is 285 g/mol. The van der Waals surface area contributed by atoms with Gasteiger partial charge in [0, 0.05) is 38.7 Å². The maximum Gasteiger partial charge on any atom is 0.185 e. The summed E-state index contributed by atoms with van der Waals surface area (Å²) in [5, 5.41) is 4.23. The number of likely N-dealkylation sites (N-methyl/N-ethyl adjacent to an activating group) is 1. The van der Waals surface area contributed by atoms with Crippen LogP contribution in [-0.4, -0.2) is 45.4 Å². The average Bonchev–Trinajstić information content (AvgIpc) is 3.01. The molecule has 5 nitrogen and oxygen atoms in total. The zero-order valence-electron chi connectivity index (χ0n) is 11.9. The first-order valence-electron chi connectivity index (χ1n) is 6.69. The van der Waals surface area contributed by atoms with Crippen molar-refractivity contribution in [2.45, 2.75) is 32.1 Å². The molecule has 1 aliphatic rings. The minimum absolute atomic E-state index is 0.354. The van der Waals surface area contributed by atoms with Gasteiger partial charge in [0.25, 0.3) is 0 Å². The molecular formula is C13H23N3O2S. The van der Waals surface area contributed by atoms with E-state index in [2.05, 4.69) is 22.2 Å². The van der Waals surface area contributed by atoms with E-state index in [1.165, 1.54) is 11.3 Å². The van der Waals surface area contributed by atoms with Gasteiger partial charge in [-0.05, 0) is 19.9 Å². The molecule has 2 heterocycles. The molecule has 1 unspecified atom stereocenters. The Kier molecular flexibility index (Phi) is 5.57. The summed E-state index contributed by atoms with van der Waals surface area (Å²) in [7, 11) is 5.74. The third-order valence-corrected chi connectivity index (χ3v) is 4.43. The highest BCUT2D eigenvalue weighted by Crippen LogP contribution is 2.27. The summed E-state index contributed by atoms with van der Waals surface area (Å²) in [5.74, 6) is 0. The van der Waals surface area contributed by atoms with Crippen LogP contribution in [0.1, 0.15) is 23.4 Å². The van der Waals surface area contributed by atoms with Crippen molar-refractivity contribution in [3.05, 3.63) is 10.6 Å². The topological polar surface area (TPSA) is 46.6 Å². The van der Waals surface area contributed by atoms with E-state index in [1.807, 2.05) is 7.05 Å². The van der Waals surface area contributed by atoms with E-state index in [4.69, 9.17) is 9.47 Å². The van der Waals surface area contributed by atoms with E-state index in [0.29, 0.717) is 12.7 Å². The molecule has 1 saturated heterocycles. The number of aromatic nitrogens is 1. The normalized spacial score (nSPS) is 19.0. The minimum Gasteiger partial charge on any atom is -0.378 e. The van der Waals surface area contributed by atoms with E-state index in [0.717, 1.165) is 36.9 Å². The second kappa shape index (κ2) is 7.19. The highest BCUT2D eigenvalue weighted by atomic mass is 32.1. The van der Waals surface area contributed by atoms with Gasteiger partial charge in [0.2, 0.25) is 0 Å². The molecule has 1 atom stereocenters. The van der Waals surface area contributed by atoms with Gasteiger partial charge in [-0.25, -0.2) is 4.98 Å². The summed E-state index contributed by atoms with van der Waals surface area (Å²) in [4.78, 5) is 8.13. The Morgan fingerprint density at radius 3 is 3.05 bits per heavy atom. The minimum atomic E-state index is 0.354. The van der Waals surface area contributed by atoms with Crippen LogP contribution >= 0.6 is 11.3 Å². The van der Waals surface area contributed by atoms with Crippen LogP contribution in [0.5, 0.6) is 0 Å². The SMILES string of the molecule is CNCc1sc(N(C)CC2CCCO2)nc1COC. The Bertz CT molecular complexity index is 368. The molecule has 0 spiro atoms. The lowest BCUT2D eigenvalue weighted by atomic mass is 10.2. The predicted octanol–water partition coefficient (Wildman–Crippen LogP) is 1.62. The van der Waals surface area contributed by atoms with Gasteiger partial charge in [-0.15, -0.1) is 11.3 Å². The standard InChI is InChI=1S/C13H23N3O2S/c1-14-7-12-11(9-17-3)15-13(19-12)16(2)8-10-5-4-6-18-10/h10,14H,4-9H2,1-3H3. The fourth-order valence-corrected chi connectivity index (χ4v) is 3.30. The quantitative estimate of drug-likeness (QED) is 0.825. The maximum absolute atomic E-state index is 5.68. The number of hydrogen-bond donors (Lipinski definition) is 1. The van der Waals surface area contributed by atoms with E-state index < -0.39 is 0 Å². The first-order chi connectivity index (χ1) is 9.24. The fraction of sp³-hybridized carbons (Fsp3) is 0.769. The van der Waals surface area contributed by atoms with Gasteiger partial charge in [0.1, 0.15) is 0 Å². The van der Waals surface area contributed by atoms with Gasteiger partial charge < -0.3 is 19.7 Å². The number of methoxy groups -OCH3 is 1. The Balaban J connectivity index is 2.03. The number of ether oxygens (including phenoxy) is 2. The lowest BCUT2D eigenvalue weighted by Gasteiger charge is -2.19. The Labute approximate surface area is 118 Å². The van der Waals surface area contributed by atoms with Crippen molar-refractivity contribution in [2.75, 3.05) is 39.3 Å². The van der Waals surface area contributed by atoms with Crippen LogP contribution in [0.4, 0.5) is 5.13 Å². The Hall–Kier alpha value is -0.690. The molecule has 6 heteroatoms. The van der Waals surface area contributed by atoms with Crippen LogP contribution in [0.2, 0.25) is 0 Å². The molecule has 1 fully saturated rings. The second-order valence-corrected chi connectivity index (χ2v) is 5.91. The molecule has 19 heavy (non-hydrogen) atoms. The number of rotatable bonds is 7. The van der Waals surface area contributed by atoms with Crippen LogP contribution in [-0.2, 0) is 22.6 Å². The molecule has 0 aliphatic carbocycles. The van der Waals surface area contributed by atoms with E-state index in [9.17, 15) is 0 Å². The molecule has 0 radical (unpaired) electrons. The number of nitrogens with one attached hydrogen (secondary N) is 1. The van der Waals surface area contributed by atoms with Gasteiger partial charge in [-0.3, -0.25) is 0 Å². The van der Waals surface area contributed by atoms with Gasteiger partial charge >= 0.3 is 0 Å². The van der Waals surface area contributed by atoms with Crippen LogP contribution in [0.25, 0.3) is 0 Å². The van der Waals surface area contributed by atoms with Gasteiger partial charge in [0.05, 0.1) is 18.4 Å². The molecule has 1 N–H and O–H groups in total. The molecule has 1 aromatic heterocycles. The van der Waals surface area contributed by atoms with Crippen molar-refractivity contribution in [1.82, 2.24) is 10.3 Å².